The van der Waals surface area contributed by atoms with Gasteiger partial charge >= 0.3 is 6.03 Å². The molecule has 78 valence electrons. The summed E-state index contributed by atoms with van der Waals surface area (Å²) in [5.74, 6) is 0.484. The van der Waals surface area contributed by atoms with Crippen LogP contribution in [0, 0.1) is 0 Å². The van der Waals surface area contributed by atoms with Gasteiger partial charge in [0.2, 0.25) is 0 Å². The molecule has 0 aromatic heterocycles. The fourth-order valence-electron chi connectivity index (χ4n) is 2.72. The van der Waals surface area contributed by atoms with Gasteiger partial charge in [-0.15, -0.1) is 0 Å². The Kier molecular flexibility index (Phi) is 1.75. The summed E-state index contributed by atoms with van der Waals surface area (Å²) in [5, 5.41) is 5.93. The molecule has 2 N–H and O–H groups in total. The van der Waals surface area contributed by atoms with E-state index in [-0.39, 0.29) is 11.6 Å². The summed E-state index contributed by atoms with van der Waals surface area (Å²) in [4.78, 5) is 11.2. The topological polar surface area (TPSA) is 41.1 Å². The number of hydrogen-bond donors (Lipinski definition) is 2. The number of benzene rings is 1. The molecule has 0 bridgehead atoms. The van der Waals surface area contributed by atoms with Gasteiger partial charge in [-0.1, -0.05) is 30.3 Å². The lowest BCUT2D eigenvalue weighted by atomic mass is 9.64. The van der Waals surface area contributed by atoms with Crippen molar-refractivity contribution >= 4 is 6.03 Å². The molecule has 1 saturated carbocycles. The monoisotopic (exact) mass is 202 g/mol. The van der Waals surface area contributed by atoms with Gasteiger partial charge in [0.25, 0.3) is 0 Å². The van der Waals surface area contributed by atoms with Gasteiger partial charge in [-0.05, 0) is 18.4 Å². The number of urea groups is 1. The minimum atomic E-state index is -0.0179. The Morgan fingerprint density at radius 2 is 2.07 bits per heavy atom. The van der Waals surface area contributed by atoms with Crippen LogP contribution in [-0.4, -0.2) is 18.1 Å². The number of carbonyl (C=O) groups is 1. The third-order valence-corrected chi connectivity index (χ3v) is 3.67. The van der Waals surface area contributed by atoms with Crippen molar-refractivity contribution in [3.8, 4) is 0 Å². The first kappa shape index (κ1) is 8.77. The lowest BCUT2D eigenvalue weighted by molar-refractivity contribution is 0.181. The zero-order valence-electron chi connectivity index (χ0n) is 8.49. The Balaban J connectivity index is 1.87. The van der Waals surface area contributed by atoms with Crippen molar-refractivity contribution in [3.05, 3.63) is 35.9 Å². The summed E-state index contributed by atoms with van der Waals surface area (Å²) < 4.78 is 0. The lowest BCUT2D eigenvalue weighted by Gasteiger charge is -2.46. The molecule has 2 atom stereocenters. The van der Waals surface area contributed by atoms with Gasteiger partial charge in [0, 0.05) is 12.5 Å². The van der Waals surface area contributed by atoms with Crippen LogP contribution in [0.3, 0.4) is 0 Å². The smallest absolute Gasteiger partial charge is 0.315 e. The van der Waals surface area contributed by atoms with Gasteiger partial charge in [0.05, 0.1) is 5.54 Å². The Hall–Kier alpha value is -1.51. The van der Waals surface area contributed by atoms with Crippen LogP contribution in [0.4, 0.5) is 4.79 Å². The van der Waals surface area contributed by atoms with Gasteiger partial charge in [0.15, 0.2) is 0 Å². The fraction of sp³-hybridized carbons (Fsp3) is 0.417. The summed E-state index contributed by atoms with van der Waals surface area (Å²) in [6.45, 7) is 0.769. The third-order valence-electron chi connectivity index (χ3n) is 3.67. The van der Waals surface area contributed by atoms with Crippen molar-refractivity contribution in [2.75, 3.05) is 6.54 Å². The molecule has 3 nitrogen and oxygen atoms in total. The Labute approximate surface area is 88.9 Å². The number of hydrogen-bond acceptors (Lipinski definition) is 1. The molecule has 2 unspecified atom stereocenters. The van der Waals surface area contributed by atoms with E-state index in [9.17, 15) is 4.79 Å². The van der Waals surface area contributed by atoms with Crippen LogP contribution in [0.2, 0.25) is 0 Å². The van der Waals surface area contributed by atoms with E-state index in [2.05, 4.69) is 34.9 Å². The first-order valence-electron chi connectivity index (χ1n) is 5.41. The zero-order valence-corrected chi connectivity index (χ0v) is 8.49. The first-order valence-corrected chi connectivity index (χ1v) is 5.41. The third kappa shape index (κ3) is 1.23. The first-order chi connectivity index (χ1) is 7.30. The van der Waals surface area contributed by atoms with Crippen LogP contribution in [0.5, 0.6) is 0 Å². The van der Waals surface area contributed by atoms with Crippen molar-refractivity contribution in [1.29, 1.82) is 0 Å². The second-order valence-corrected chi connectivity index (χ2v) is 4.47. The Bertz CT molecular complexity index is 390. The van der Waals surface area contributed by atoms with Crippen LogP contribution in [0.1, 0.15) is 24.3 Å². The van der Waals surface area contributed by atoms with E-state index in [1.54, 1.807) is 0 Å². The molecule has 0 radical (unpaired) electrons. The molecule has 1 heterocycles. The highest BCUT2D eigenvalue weighted by Crippen LogP contribution is 2.46. The zero-order chi connectivity index (χ0) is 10.3. The lowest BCUT2D eigenvalue weighted by Crippen LogP contribution is -2.55. The maximum Gasteiger partial charge on any atom is 0.315 e. The summed E-state index contributed by atoms with van der Waals surface area (Å²) in [7, 11) is 0. The molecule has 2 amide bonds. The maximum atomic E-state index is 11.2. The average Bonchev–Trinajstić information content (AvgIpc) is 2.63. The summed E-state index contributed by atoms with van der Waals surface area (Å²) in [6, 6.07) is 10.4. The predicted octanol–water partition coefficient (Wildman–Crippen LogP) is 1.62. The molecular weight excluding hydrogens is 188 g/mol. The second kappa shape index (κ2) is 2.99. The van der Waals surface area contributed by atoms with E-state index in [0.717, 1.165) is 13.0 Å². The van der Waals surface area contributed by atoms with Gasteiger partial charge in [-0.25, -0.2) is 4.79 Å². The molecule has 3 heteroatoms. The highest BCUT2D eigenvalue weighted by atomic mass is 16.2. The fourth-order valence-corrected chi connectivity index (χ4v) is 2.72. The highest BCUT2D eigenvalue weighted by Gasteiger charge is 2.51. The van der Waals surface area contributed by atoms with Crippen LogP contribution in [0.15, 0.2) is 30.3 Å². The van der Waals surface area contributed by atoms with Gasteiger partial charge in [-0.2, -0.15) is 0 Å². The molecule has 15 heavy (non-hydrogen) atoms. The summed E-state index contributed by atoms with van der Waals surface area (Å²) in [5.41, 5.74) is 1.34. The Morgan fingerprint density at radius 3 is 2.60 bits per heavy atom. The standard InChI is InChI=1S/C12H14N2O/c15-11-13-8-12(14-11)7-6-10(12)9-4-2-1-3-5-9/h1-5,10H,6-8H2,(H2,13,14,15). The Morgan fingerprint density at radius 1 is 1.27 bits per heavy atom. The van der Waals surface area contributed by atoms with Crippen molar-refractivity contribution in [2.45, 2.75) is 24.3 Å². The molecule has 3 rings (SSSR count). The van der Waals surface area contributed by atoms with Crippen LogP contribution < -0.4 is 10.6 Å². The van der Waals surface area contributed by atoms with Crippen LogP contribution in [-0.2, 0) is 0 Å². The predicted molar refractivity (Wildman–Crippen MR) is 57.7 cm³/mol. The minimum Gasteiger partial charge on any atom is -0.336 e. The number of nitrogens with one attached hydrogen (secondary N) is 2. The maximum absolute atomic E-state index is 11.2. The number of amides is 2. The van der Waals surface area contributed by atoms with E-state index in [1.165, 1.54) is 12.0 Å². The molecule has 1 spiro atoms. The van der Waals surface area contributed by atoms with Crippen LogP contribution in [0.25, 0.3) is 0 Å². The molecule has 1 aromatic rings. The van der Waals surface area contributed by atoms with Gasteiger partial charge in [0.1, 0.15) is 0 Å². The second-order valence-electron chi connectivity index (χ2n) is 4.47. The van der Waals surface area contributed by atoms with Crippen LogP contribution >= 0.6 is 0 Å². The summed E-state index contributed by atoms with van der Waals surface area (Å²) in [6.07, 6.45) is 2.26. The number of rotatable bonds is 1. The van der Waals surface area contributed by atoms with E-state index in [0.29, 0.717) is 5.92 Å². The SMILES string of the molecule is O=C1NCC2(CCC2c2ccccc2)N1. The largest absolute Gasteiger partial charge is 0.336 e. The molecular formula is C12H14N2O. The van der Waals surface area contributed by atoms with E-state index >= 15 is 0 Å². The van der Waals surface area contributed by atoms with Gasteiger partial charge < -0.3 is 10.6 Å². The normalized spacial score (nSPS) is 33.3. The van der Waals surface area contributed by atoms with E-state index < -0.39 is 0 Å². The molecule has 1 saturated heterocycles. The molecule has 2 fully saturated rings. The van der Waals surface area contributed by atoms with Crippen molar-refractivity contribution in [1.82, 2.24) is 10.6 Å². The minimum absolute atomic E-state index is 0.00155. The van der Waals surface area contributed by atoms with Gasteiger partial charge in [-0.3, -0.25) is 0 Å². The van der Waals surface area contributed by atoms with E-state index in [4.69, 9.17) is 0 Å². The molecule has 2 aliphatic rings. The summed E-state index contributed by atoms with van der Waals surface area (Å²) >= 11 is 0. The highest BCUT2D eigenvalue weighted by molar-refractivity contribution is 5.78. The molecule has 1 aliphatic carbocycles. The number of carbonyl (C=O) groups excluding carboxylic acids is 1. The van der Waals surface area contributed by atoms with E-state index in [1.807, 2.05) is 6.07 Å². The van der Waals surface area contributed by atoms with Crippen molar-refractivity contribution < 1.29 is 4.79 Å². The molecule has 1 aromatic carbocycles. The van der Waals surface area contributed by atoms with Crippen molar-refractivity contribution in [3.63, 3.8) is 0 Å². The van der Waals surface area contributed by atoms with Crippen molar-refractivity contribution in [2.24, 2.45) is 0 Å². The average molecular weight is 202 g/mol. The molecule has 1 aliphatic heterocycles. The quantitative estimate of drug-likeness (QED) is 0.713.